The van der Waals surface area contributed by atoms with Gasteiger partial charge in [-0.3, -0.25) is 4.79 Å². The molecule has 1 aliphatic heterocycles. The molecule has 2 fully saturated rings. The third kappa shape index (κ3) is 3.13. The van der Waals surface area contributed by atoms with E-state index in [4.69, 9.17) is 17.3 Å². The van der Waals surface area contributed by atoms with Gasteiger partial charge < -0.3 is 15.5 Å². The van der Waals surface area contributed by atoms with Crippen LogP contribution in [0, 0.1) is 11.3 Å². The minimum Gasteiger partial charge on any atom is -0.383 e. The van der Waals surface area contributed by atoms with Crippen LogP contribution in [0.5, 0.6) is 0 Å². The van der Waals surface area contributed by atoms with E-state index in [0.29, 0.717) is 28.0 Å². The highest BCUT2D eigenvalue weighted by molar-refractivity contribution is 6.30. The molecule has 3 aromatic heterocycles. The number of imidazole rings is 1. The van der Waals surface area contributed by atoms with Crippen molar-refractivity contribution in [3.8, 4) is 11.5 Å². The Hall–Kier alpha value is -3.73. The van der Waals surface area contributed by atoms with Crippen LogP contribution in [0.4, 0.5) is 24.8 Å². The predicted molar refractivity (Wildman–Crippen MR) is 129 cm³/mol. The van der Waals surface area contributed by atoms with E-state index in [-0.39, 0.29) is 40.8 Å². The largest absolute Gasteiger partial charge is 0.389 e. The summed E-state index contributed by atoms with van der Waals surface area (Å²) in [6.45, 7) is 0. The summed E-state index contributed by atoms with van der Waals surface area (Å²) in [7, 11) is 0. The minimum absolute atomic E-state index is 0.105. The minimum atomic E-state index is -4.34. The van der Waals surface area contributed by atoms with Gasteiger partial charge in [0.2, 0.25) is 5.91 Å². The van der Waals surface area contributed by atoms with Crippen LogP contribution in [0.2, 0.25) is 5.02 Å². The van der Waals surface area contributed by atoms with Crippen LogP contribution in [0.3, 0.4) is 0 Å². The van der Waals surface area contributed by atoms with E-state index in [2.05, 4.69) is 25.3 Å². The van der Waals surface area contributed by atoms with E-state index in [0.717, 1.165) is 18.4 Å². The topological polar surface area (TPSA) is 111 Å². The molecule has 1 amide bonds. The third-order valence-corrected chi connectivity index (χ3v) is 8.16. The molecule has 0 bridgehead atoms. The molecule has 37 heavy (non-hydrogen) atoms. The number of nitrogens with two attached hydrogens (primary N) is 1. The Bertz CT molecular complexity index is 1610. The number of amides is 1. The average Bonchev–Trinajstić information content (AvgIpc) is 3.60. The smallest absolute Gasteiger partial charge is 0.383 e. The van der Waals surface area contributed by atoms with E-state index in [9.17, 15) is 18.0 Å². The number of fused-ring (bicyclic) bond motifs is 3. The Labute approximate surface area is 213 Å². The van der Waals surface area contributed by atoms with Crippen molar-refractivity contribution in [2.24, 2.45) is 11.3 Å². The zero-order chi connectivity index (χ0) is 25.7. The van der Waals surface area contributed by atoms with E-state index in [1.54, 1.807) is 28.9 Å². The molecule has 3 aliphatic rings. The van der Waals surface area contributed by atoms with Crippen LogP contribution in [-0.2, 0) is 16.6 Å². The van der Waals surface area contributed by atoms with Gasteiger partial charge in [0.25, 0.3) is 0 Å². The molecule has 0 radical (unpaired) electrons. The number of nitrogen functional groups attached to an aromatic ring is 1. The van der Waals surface area contributed by atoms with Gasteiger partial charge in [0, 0.05) is 36.5 Å². The summed E-state index contributed by atoms with van der Waals surface area (Å²) in [5.74, 6) is 0.739. The summed E-state index contributed by atoms with van der Waals surface area (Å²) in [4.78, 5) is 31.4. The number of halogens is 4. The van der Waals surface area contributed by atoms with E-state index >= 15 is 0 Å². The molecule has 3 N–H and O–H groups in total. The molecule has 7 rings (SSSR count). The standard InChI is InChI=1S/C25H19ClF3N7O/c26-14-3-1-12(2-4-14)25(23-9-13(23)10-23)17-18(30)33-19(34-20(17)35-22(25)37)16-11-36-8-7-31-21(36)15(32-16)5-6-24(27,28)29/h1-4,7-8,11,13H,5-6,9-10H2,(H3,30,33,34,35,37). The zero-order valence-corrected chi connectivity index (χ0v) is 19.9. The number of carbonyl (C=O) groups excluding carboxylic acids is 1. The quantitative estimate of drug-likeness (QED) is 0.395. The molecule has 12 heteroatoms. The SMILES string of the molecule is Nc1nc(-c2cn3ccnc3c(CCC(F)(F)F)n2)nc2c1C(c1ccc(Cl)cc1)(C13CC1C3)C(=O)N2. The monoisotopic (exact) mass is 525 g/mol. The highest BCUT2D eigenvalue weighted by Crippen LogP contribution is 2.85. The van der Waals surface area contributed by atoms with Gasteiger partial charge in [-0.1, -0.05) is 23.7 Å². The second-order valence-corrected chi connectivity index (χ2v) is 10.4. The summed E-state index contributed by atoms with van der Waals surface area (Å²) >= 11 is 6.13. The van der Waals surface area contributed by atoms with Crippen LogP contribution in [0.15, 0.2) is 42.9 Å². The van der Waals surface area contributed by atoms with Gasteiger partial charge in [0.05, 0.1) is 11.3 Å². The molecule has 4 aromatic rings. The van der Waals surface area contributed by atoms with Crippen molar-refractivity contribution in [2.45, 2.75) is 37.3 Å². The summed E-state index contributed by atoms with van der Waals surface area (Å²) in [6, 6.07) is 7.18. The lowest BCUT2D eigenvalue weighted by atomic mass is 9.68. The molecule has 188 valence electrons. The highest BCUT2D eigenvalue weighted by atomic mass is 35.5. The molecule has 8 nitrogen and oxygen atoms in total. The first-order valence-corrected chi connectivity index (χ1v) is 12.2. The van der Waals surface area contributed by atoms with Gasteiger partial charge in [-0.15, -0.1) is 0 Å². The third-order valence-electron chi connectivity index (χ3n) is 7.91. The predicted octanol–water partition coefficient (Wildman–Crippen LogP) is 4.57. The van der Waals surface area contributed by atoms with E-state index in [1.165, 1.54) is 6.20 Å². The Morgan fingerprint density at radius 2 is 1.89 bits per heavy atom. The summed E-state index contributed by atoms with van der Waals surface area (Å²) in [5.41, 5.74) is 7.31. The second kappa shape index (κ2) is 7.18. The number of aryl methyl sites for hydroxylation is 1. The Morgan fingerprint density at radius 1 is 1.16 bits per heavy atom. The number of hydrogen-bond donors (Lipinski definition) is 2. The van der Waals surface area contributed by atoms with Crippen LogP contribution in [0.1, 0.15) is 36.1 Å². The molecule has 4 heterocycles. The number of alkyl halides is 3. The number of nitrogens with one attached hydrogen (secondary N) is 1. The molecule has 2 saturated carbocycles. The second-order valence-electron chi connectivity index (χ2n) is 9.97. The van der Waals surface area contributed by atoms with Crippen LogP contribution in [-0.4, -0.2) is 36.4 Å². The Kier molecular flexibility index (Phi) is 4.36. The van der Waals surface area contributed by atoms with Crippen molar-refractivity contribution >= 4 is 34.8 Å². The lowest BCUT2D eigenvalue weighted by molar-refractivity contribution is -0.134. The number of anilines is 2. The first-order valence-electron chi connectivity index (χ1n) is 11.8. The van der Waals surface area contributed by atoms with Crippen LogP contribution < -0.4 is 11.1 Å². The summed E-state index contributed by atoms with van der Waals surface area (Å²) < 4.78 is 40.4. The maximum atomic E-state index is 13.7. The fourth-order valence-electron chi connectivity index (χ4n) is 5.95. The Balaban J connectivity index is 1.37. The fraction of sp³-hybridized carbons (Fsp3) is 0.320. The van der Waals surface area contributed by atoms with Crippen molar-refractivity contribution in [3.05, 3.63) is 64.7 Å². The summed E-state index contributed by atoms with van der Waals surface area (Å²) in [5, 5.41) is 3.47. The number of benzene rings is 1. The van der Waals surface area contributed by atoms with Gasteiger partial charge in [0.15, 0.2) is 11.5 Å². The summed E-state index contributed by atoms with van der Waals surface area (Å²) in [6.07, 6.45) is 0.768. The van der Waals surface area contributed by atoms with Crippen molar-refractivity contribution in [2.75, 3.05) is 11.1 Å². The molecule has 1 aromatic carbocycles. The van der Waals surface area contributed by atoms with Gasteiger partial charge in [0.1, 0.15) is 22.7 Å². The average molecular weight is 526 g/mol. The van der Waals surface area contributed by atoms with Gasteiger partial charge in [-0.05, 0) is 41.9 Å². The number of nitrogens with zero attached hydrogens (tertiary/aromatic N) is 5. The highest BCUT2D eigenvalue weighted by Gasteiger charge is 2.83. The van der Waals surface area contributed by atoms with Crippen molar-refractivity contribution in [1.82, 2.24) is 24.3 Å². The molecule has 2 aliphatic carbocycles. The van der Waals surface area contributed by atoms with Gasteiger partial charge in [-0.2, -0.15) is 13.2 Å². The molecular formula is C25H19ClF3N7O. The zero-order valence-electron chi connectivity index (χ0n) is 19.2. The van der Waals surface area contributed by atoms with E-state index in [1.807, 2.05) is 12.1 Å². The van der Waals surface area contributed by atoms with Crippen molar-refractivity contribution in [3.63, 3.8) is 0 Å². The van der Waals surface area contributed by atoms with E-state index < -0.39 is 18.0 Å². The maximum Gasteiger partial charge on any atom is 0.389 e. The number of carbonyl (C=O) groups is 1. The lowest BCUT2D eigenvalue weighted by Gasteiger charge is -2.32. The van der Waals surface area contributed by atoms with Gasteiger partial charge >= 0.3 is 6.18 Å². The normalized spacial score (nSPS) is 25.6. The molecule has 1 unspecified atom stereocenters. The van der Waals surface area contributed by atoms with Crippen molar-refractivity contribution < 1.29 is 18.0 Å². The van der Waals surface area contributed by atoms with Gasteiger partial charge in [-0.25, -0.2) is 19.9 Å². The molecule has 1 atom stereocenters. The molecule has 0 spiro atoms. The number of hydrogen-bond acceptors (Lipinski definition) is 6. The van der Waals surface area contributed by atoms with Crippen LogP contribution >= 0.6 is 11.6 Å². The number of aromatic nitrogens is 5. The molecular weight excluding hydrogens is 507 g/mol. The Morgan fingerprint density at radius 3 is 2.57 bits per heavy atom. The molecule has 0 saturated heterocycles. The van der Waals surface area contributed by atoms with Crippen molar-refractivity contribution in [1.29, 1.82) is 0 Å². The first-order chi connectivity index (χ1) is 17.6. The lowest BCUT2D eigenvalue weighted by Crippen LogP contribution is -2.41. The fourth-order valence-corrected chi connectivity index (χ4v) is 6.08. The first kappa shape index (κ1) is 22.5. The maximum absolute atomic E-state index is 13.7. The van der Waals surface area contributed by atoms with Crippen LogP contribution in [0.25, 0.3) is 17.2 Å². The number of rotatable bonds is 5.